The number of aromatic nitrogens is 2. The average molecular weight is 374 g/mol. The van der Waals surface area contributed by atoms with E-state index in [1.807, 2.05) is 7.05 Å². The summed E-state index contributed by atoms with van der Waals surface area (Å²) in [5.41, 5.74) is 1.18. The quantitative estimate of drug-likeness (QED) is 0.820. The molecule has 2 rings (SSSR count). The molecule has 106 valence electrons. The molecule has 1 N–H and O–H groups in total. The van der Waals surface area contributed by atoms with Gasteiger partial charge in [-0.1, -0.05) is 26.2 Å². The van der Waals surface area contributed by atoms with Crippen molar-refractivity contribution in [3.05, 3.63) is 9.26 Å². The lowest BCUT2D eigenvalue weighted by Crippen LogP contribution is -2.27. The normalized spacial score (nSPS) is 16.3. The summed E-state index contributed by atoms with van der Waals surface area (Å²) < 4.78 is 1.17. The Balaban J connectivity index is 2.30. The molecule has 1 saturated heterocycles. The van der Waals surface area contributed by atoms with Gasteiger partial charge in [0.2, 0.25) is 5.95 Å². The van der Waals surface area contributed by atoms with E-state index in [0.29, 0.717) is 0 Å². The van der Waals surface area contributed by atoms with E-state index in [9.17, 15) is 0 Å². The fraction of sp³-hybridized carbons (Fsp3) is 0.714. The van der Waals surface area contributed by atoms with Crippen molar-refractivity contribution in [2.24, 2.45) is 0 Å². The molecule has 0 aliphatic carbocycles. The van der Waals surface area contributed by atoms with Gasteiger partial charge >= 0.3 is 0 Å². The Labute approximate surface area is 129 Å². The monoisotopic (exact) mass is 374 g/mol. The Hall–Kier alpha value is -0.590. The van der Waals surface area contributed by atoms with Crippen molar-refractivity contribution in [1.82, 2.24) is 9.97 Å². The Kier molecular flexibility index (Phi) is 5.66. The minimum atomic E-state index is 0.912. The van der Waals surface area contributed by atoms with E-state index < -0.39 is 0 Å². The number of anilines is 2. The topological polar surface area (TPSA) is 41.1 Å². The number of rotatable bonds is 4. The number of hydrogen-bond donors (Lipinski definition) is 1. The van der Waals surface area contributed by atoms with Crippen molar-refractivity contribution in [2.45, 2.75) is 45.4 Å². The van der Waals surface area contributed by atoms with Gasteiger partial charge in [-0.3, -0.25) is 0 Å². The average Bonchev–Trinajstić information content (AvgIpc) is 2.70. The van der Waals surface area contributed by atoms with Gasteiger partial charge in [0.1, 0.15) is 5.82 Å². The smallest absolute Gasteiger partial charge is 0.227 e. The van der Waals surface area contributed by atoms with Crippen LogP contribution in [0.3, 0.4) is 0 Å². The summed E-state index contributed by atoms with van der Waals surface area (Å²) in [6.45, 7) is 4.38. The van der Waals surface area contributed by atoms with Crippen molar-refractivity contribution in [3.63, 3.8) is 0 Å². The summed E-state index contributed by atoms with van der Waals surface area (Å²) in [5, 5.41) is 3.20. The van der Waals surface area contributed by atoms with E-state index in [-0.39, 0.29) is 0 Å². The SMILES string of the molecule is CCCc1nc(N2CCCCCC2)nc(NC)c1I. The van der Waals surface area contributed by atoms with Crippen LogP contribution in [-0.4, -0.2) is 30.1 Å². The Morgan fingerprint density at radius 3 is 2.42 bits per heavy atom. The van der Waals surface area contributed by atoms with Crippen LogP contribution in [0.1, 0.15) is 44.7 Å². The van der Waals surface area contributed by atoms with Gasteiger partial charge < -0.3 is 10.2 Å². The third-order valence-corrected chi connectivity index (χ3v) is 4.65. The highest BCUT2D eigenvalue weighted by atomic mass is 127. The summed E-state index contributed by atoms with van der Waals surface area (Å²) in [7, 11) is 1.94. The molecule has 0 radical (unpaired) electrons. The summed E-state index contributed by atoms with van der Waals surface area (Å²) in [5.74, 6) is 1.88. The zero-order valence-corrected chi connectivity index (χ0v) is 14.0. The third kappa shape index (κ3) is 3.70. The molecule has 1 aromatic heterocycles. The van der Waals surface area contributed by atoms with E-state index in [1.54, 1.807) is 0 Å². The van der Waals surface area contributed by atoms with Crippen molar-refractivity contribution >= 4 is 34.4 Å². The lowest BCUT2D eigenvalue weighted by atomic mass is 10.2. The van der Waals surface area contributed by atoms with E-state index in [2.05, 4.69) is 39.7 Å². The van der Waals surface area contributed by atoms with Crippen LogP contribution in [0.15, 0.2) is 0 Å². The molecule has 0 spiro atoms. The van der Waals surface area contributed by atoms with Crippen LogP contribution < -0.4 is 10.2 Å². The van der Waals surface area contributed by atoms with Gasteiger partial charge in [-0.15, -0.1) is 0 Å². The second-order valence-corrected chi connectivity index (χ2v) is 6.11. The highest BCUT2D eigenvalue weighted by Gasteiger charge is 2.16. The predicted octanol–water partition coefficient (Wildman–Crippen LogP) is 3.46. The van der Waals surface area contributed by atoms with Crippen molar-refractivity contribution in [3.8, 4) is 0 Å². The minimum absolute atomic E-state index is 0.912. The van der Waals surface area contributed by atoms with Gasteiger partial charge in [0.15, 0.2) is 0 Å². The summed E-state index contributed by atoms with van der Waals surface area (Å²) >= 11 is 2.35. The molecule has 19 heavy (non-hydrogen) atoms. The second kappa shape index (κ2) is 7.26. The van der Waals surface area contributed by atoms with E-state index >= 15 is 0 Å². The summed E-state index contributed by atoms with van der Waals surface area (Å²) in [6, 6.07) is 0. The molecule has 0 amide bonds. The van der Waals surface area contributed by atoms with Gasteiger partial charge in [-0.25, -0.2) is 4.98 Å². The number of halogens is 1. The fourth-order valence-electron chi connectivity index (χ4n) is 2.46. The maximum atomic E-state index is 4.80. The Morgan fingerprint density at radius 2 is 1.84 bits per heavy atom. The van der Waals surface area contributed by atoms with Crippen LogP contribution in [0.25, 0.3) is 0 Å². The van der Waals surface area contributed by atoms with Crippen molar-refractivity contribution < 1.29 is 0 Å². The number of nitrogens with one attached hydrogen (secondary N) is 1. The maximum Gasteiger partial charge on any atom is 0.227 e. The van der Waals surface area contributed by atoms with E-state index in [1.165, 1.54) is 34.9 Å². The molecule has 1 aromatic rings. The number of aryl methyl sites for hydroxylation is 1. The van der Waals surface area contributed by atoms with Gasteiger partial charge in [0.25, 0.3) is 0 Å². The van der Waals surface area contributed by atoms with Crippen molar-refractivity contribution in [2.75, 3.05) is 30.4 Å². The van der Waals surface area contributed by atoms with Crippen LogP contribution in [-0.2, 0) is 6.42 Å². The van der Waals surface area contributed by atoms with E-state index in [4.69, 9.17) is 9.97 Å². The lowest BCUT2D eigenvalue weighted by molar-refractivity contribution is 0.726. The van der Waals surface area contributed by atoms with Crippen LogP contribution in [0.4, 0.5) is 11.8 Å². The molecule has 5 heteroatoms. The zero-order chi connectivity index (χ0) is 13.7. The van der Waals surface area contributed by atoms with Crippen LogP contribution in [0.5, 0.6) is 0 Å². The van der Waals surface area contributed by atoms with Gasteiger partial charge in [-0.2, -0.15) is 4.98 Å². The molecule has 0 atom stereocenters. The Morgan fingerprint density at radius 1 is 1.16 bits per heavy atom. The molecule has 0 aromatic carbocycles. The fourth-order valence-corrected chi connectivity index (χ4v) is 3.24. The summed E-state index contributed by atoms with van der Waals surface area (Å²) in [4.78, 5) is 11.8. The molecule has 2 heterocycles. The van der Waals surface area contributed by atoms with Crippen LogP contribution in [0.2, 0.25) is 0 Å². The molecule has 1 aliphatic heterocycles. The molecule has 4 nitrogen and oxygen atoms in total. The molecule has 1 aliphatic rings. The lowest BCUT2D eigenvalue weighted by Gasteiger charge is -2.22. The molecular formula is C14H23IN4. The standard InChI is InChI=1S/C14H23IN4/c1-3-8-11-12(15)13(16-2)18-14(17-11)19-9-6-4-5-7-10-19/h3-10H2,1-2H3,(H,16,17,18). The molecule has 0 saturated carbocycles. The number of nitrogens with zero attached hydrogens (tertiary/aromatic N) is 3. The first-order valence-corrected chi connectivity index (χ1v) is 8.33. The van der Waals surface area contributed by atoms with Gasteiger partial charge in [0.05, 0.1) is 9.26 Å². The molecule has 0 unspecified atom stereocenters. The maximum absolute atomic E-state index is 4.80. The summed E-state index contributed by atoms with van der Waals surface area (Å²) in [6.07, 6.45) is 7.33. The minimum Gasteiger partial charge on any atom is -0.372 e. The first-order valence-electron chi connectivity index (χ1n) is 7.25. The zero-order valence-electron chi connectivity index (χ0n) is 11.9. The Bertz CT molecular complexity index is 414. The van der Waals surface area contributed by atoms with Crippen LogP contribution in [0, 0.1) is 3.57 Å². The molecule has 1 fully saturated rings. The van der Waals surface area contributed by atoms with Gasteiger partial charge in [0, 0.05) is 20.1 Å². The predicted molar refractivity (Wildman–Crippen MR) is 89.0 cm³/mol. The second-order valence-electron chi connectivity index (χ2n) is 5.03. The highest BCUT2D eigenvalue weighted by Crippen LogP contribution is 2.24. The molecule has 0 bridgehead atoms. The van der Waals surface area contributed by atoms with Crippen LogP contribution >= 0.6 is 22.6 Å². The highest BCUT2D eigenvalue weighted by molar-refractivity contribution is 14.1. The molecular weight excluding hydrogens is 351 g/mol. The third-order valence-electron chi connectivity index (χ3n) is 3.52. The first kappa shape index (κ1) is 14.8. The van der Waals surface area contributed by atoms with E-state index in [0.717, 1.165) is 37.7 Å². The number of hydrogen-bond acceptors (Lipinski definition) is 4. The van der Waals surface area contributed by atoms with Crippen molar-refractivity contribution in [1.29, 1.82) is 0 Å². The largest absolute Gasteiger partial charge is 0.372 e. The first-order chi connectivity index (χ1) is 9.26. The van der Waals surface area contributed by atoms with Gasteiger partial charge in [-0.05, 0) is 41.9 Å².